The van der Waals surface area contributed by atoms with Gasteiger partial charge in [0.25, 0.3) is 0 Å². The summed E-state index contributed by atoms with van der Waals surface area (Å²) in [6.45, 7) is 13.2. The predicted octanol–water partition coefficient (Wildman–Crippen LogP) is 5.28. The second kappa shape index (κ2) is 12.9. The zero-order valence-corrected chi connectivity index (χ0v) is 23.7. The van der Waals surface area contributed by atoms with E-state index in [9.17, 15) is 4.79 Å². The first-order valence-electron chi connectivity index (χ1n) is 11.9. The van der Waals surface area contributed by atoms with Gasteiger partial charge in [-0.3, -0.25) is 0 Å². The predicted molar refractivity (Wildman–Crippen MR) is 128 cm³/mol. The molecule has 1 heterocycles. The molecular weight excluding hydrogens is 483 g/mol. The number of likely N-dealkylation sites (N-methyl/N-ethyl adjacent to an activating group) is 1. The first-order chi connectivity index (χ1) is 14.1. The molecule has 174 valence electrons. The summed E-state index contributed by atoms with van der Waals surface area (Å²) in [5.41, 5.74) is 0.654. The molecule has 0 aromatic carbocycles. The minimum atomic E-state index is -2.66. The van der Waals surface area contributed by atoms with Crippen molar-refractivity contribution in [2.75, 3.05) is 13.6 Å². The molecule has 0 aliphatic carbocycles. The van der Waals surface area contributed by atoms with Gasteiger partial charge in [0.05, 0.1) is 0 Å². The first-order valence-corrected chi connectivity index (χ1v) is 19.4. The maximum absolute atomic E-state index is 12.4. The van der Waals surface area contributed by atoms with Gasteiger partial charge in [-0.05, 0) is 0 Å². The van der Waals surface area contributed by atoms with Gasteiger partial charge in [-0.2, -0.15) is 0 Å². The number of hydrogen-bond donors (Lipinski definition) is 0. The number of carbonyl (C=O) groups excluding carboxylic acids is 1. The van der Waals surface area contributed by atoms with Crippen LogP contribution in [0.2, 0.25) is 13.3 Å². The standard InChI is InChI=1S/C11H19N4O2.3C4H9.Sn/c1-11(2,3)17-10(16)14(4)7-6-9-8-12-15(5)13-9;3*1-3-4-2;/h6-7H2,1-5H3;3*1,3-4H2,2H3;. The molecule has 0 aliphatic rings. The summed E-state index contributed by atoms with van der Waals surface area (Å²) in [6.07, 6.45) is 8.12. The van der Waals surface area contributed by atoms with E-state index in [4.69, 9.17) is 14.9 Å². The topological polar surface area (TPSA) is 60.2 Å². The molecule has 0 unspecified atom stereocenters. The molecule has 0 saturated heterocycles. The van der Waals surface area contributed by atoms with Crippen LogP contribution in [0.5, 0.6) is 0 Å². The Hall–Kier alpha value is -0.791. The number of ether oxygens (including phenoxy) is 1. The fourth-order valence-electron chi connectivity index (χ4n) is 4.01. The Labute approximate surface area is 189 Å². The van der Waals surface area contributed by atoms with Crippen LogP contribution in [0.25, 0.3) is 0 Å². The molecule has 0 radical (unpaired) electrons. The normalized spacial score (nSPS) is 12.3. The quantitative estimate of drug-likeness (QED) is 0.327. The van der Waals surface area contributed by atoms with Crippen molar-refractivity contribution in [1.29, 1.82) is 0 Å². The molecule has 6 nitrogen and oxygen atoms in total. The average Bonchev–Trinajstić information content (AvgIpc) is 3.05. The van der Waals surface area contributed by atoms with Crippen molar-refractivity contribution in [2.24, 2.45) is 7.05 Å². The van der Waals surface area contributed by atoms with Crippen LogP contribution in [0.4, 0.5) is 4.79 Å². The van der Waals surface area contributed by atoms with Gasteiger partial charge in [0.2, 0.25) is 0 Å². The Morgan fingerprint density at radius 3 is 1.93 bits per heavy atom. The molecule has 0 spiro atoms. The Morgan fingerprint density at radius 2 is 1.50 bits per heavy atom. The second-order valence-corrected chi connectivity index (χ2v) is 22.7. The van der Waals surface area contributed by atoms with Gasteiger partial charge in [0.15, 0.2) is 0 Å². The molecule has 1 aromatic heterocycles. The number of hydrogen-bond acceptors (Lipinski definition) is 4. The zero-order chi connectivity index (χ0) is 22.8. The van der Waals surface area contributed by atoms with Crippen LogP contribution in [0.1, 0.15) is 85.8 Å². The number of rotatable bonds is 13. The molecule has 1 amide bonds. The van der Waals surface area contributed by atoms with Crippen molar-refractivity contribution >= 4 is 28.2 Å². The van der Waals surface area contributed by atoms with Crippen LogP contribution in [0.3, 0.4) is 0 Å². The van der Waals surface area contributed by atoms with Gasteiger partial charge in [0, 0.05) is 0 Å². The van der Waals surface area contributed by atoms with Crippen LogP contribution >= 0.6 is 0 Å². The van der Waals surface area contributed by atoms with E-state index < -0.39 is 24.0 Å². The van der Waals surface area contributed by atoms with E-state index in [0.29, 0.717) is 6.54 Å². The number of aryl methyl sites for hydroxylation is 1. The summed E-state index contributed by atoms with van der Waals surface area (Å²) in [5.74, 6) is 0. The van der Waals surface area contributed by atoms with Crippen LogP contribution in [-0.2, 0) is 18.2 Å². The van der Waals surface area contributed by atoms with E-state index in [1.807, 2.05) is 34.9 Å². The summed E-state index contributed by atoms with van der Waals surface area (Å²) in [6, 6.07) is 0. The first kappa shape index (κ1) is 27.2. The molecule has 0 aliphatic heterocycles. The van der Waals surface area contributed by atoms with E-state index in [1.165, 1.54) is 55.5 Å². The molecule has 30 heavy (non-hydrogen) atoms. The van der Waals surface area contributed by atoms with E-state index in [0.717, 1.165) is 12.1 Å². The van der Waals surface area contributed by atoms with Gasteiger partial charge in [0.1, 0.15) is 0 Å². The maximum atomic E-state index is 12.4. The van der Waals surface area contributed by atoms with Gasteiger partial charge >= 0.3 is 189 Å². The third kappa shape index (κ3) is 8.75. The van der Waals surface area contributed by atoms with Crippen molar-refractivity contribution in [3.8, 4) is 0 Å². The van der Waals surface area contributed by atoms with Crippen molar-refractivity contribution in [3.63, 3.8) is 0 Å². The van der Waals surface area contributed by atoms with E-state index in [2.05, 4.69) is 20.8 Å². The number of unbranched alkanes of at least 4 members (excludes halogenated alkanes) is 3. The Balaban J connectivity index is 3.10. The van der Waals surface area contributed by atoms with Crippen molar-refractivity contribution in [1.82, 2.24) is 19.9 Å². The summed E-state index contributed by atoms with van der Waals surface area (Å²) < 4.78 is 11.0. The van der Waals surface area contributed by atoms with Crippen LogP contribution in [0.15, 0.2) is 0 Å². The fourth-order valence-corrected chi connectivity index (χ4v) is 20.3. The third-order valence-corrected chi connectivity index (χ3v) is 20.9. The molecule has 0 fully saturated rings. The number of aromatic nitrogens is 3. The minimum absolute atomic E-state index is 0.273. The van der Waals surface area contributed by atoms with Gasteiger partial charge in [-0.15, -0.1) is 0 Å². The molecule has 0 saturated carbocycles. The summed E-state index contributed by atoms with van der Waals surface area (Å²) >= 11 is -2.66. The van der Waals surface area contributed by atoms with Gasteiger partial charge in [-0.1, -0.05) is 0 Å². The average molecular weight is 529 g/mol. The van der Waals surface area contributed by atoms with Crippen molar-refractivity contribution in [2.45, 2.75) is 105 Å². The molecule has 0 bridgehead atoms. The summed E-state index contributed by atoms with van der Waals surface area (Å²) in [7, 11) is 3.76. The molecule has 0 atom stereocenters. The Kier molecular flexibility index (Phi) is 11.7. The zero-order valence-electron chi connectivity index (χ0n) is 20.9. The van der Waals surface area contributed by atoms with Crippen LogP contribution in [0, 0.1) is 0 Å². The molecule has 1 aromatic rings. The monoisotopic (exact) mass is 530 g/mol. The van der Waals surface area contributed by atoms with Gasteiger partial charge < -0.3 is 0 Å². The number of nitrogens with zero attached hydrogens (tertiary/aromatic N) is 4. The second-order valence-electron chi connectivity index (χ2n) is 9.73. The van der Waals surface area contributed by atoms with Gasteiger partial charge in [-0.25, -0.2) is 0 Å². The van der Waals surface area contributed by atoms with Crippen molar-refractivity contribution in [3.05, 3.63) is 5.69 Å². The fraction of sp³-hybridized carbons (Fsp3) is 0.870. The Bertz CT molecular complexity index is 618. The van der Waals surface area contributed by atoms with Crippen molar-refractivity contribution < 1.29 is 9.53 Å². The van der Waals surface area contributed by atoms with E-state index in [1.54, 1.807) is 9.70 Å². The van der Waals surface area contributed by atoms with E-state index in [-0.39, 0.29) is 6.09 Å². The summed E-state index contributed by atoms with van der Waals surface area (Å²) in [5, 5.41) is 9.77. The SMILES string of the molecule is CCC[CH2][Sn]([CH2]CCC)([CH2]CCC)[c]1nn(C)nc1CCN(C)C(=O)OC(C)(C)C. The molecule has 1 rings (SSSR count). The molecule has 0 N–H and O–H groups in total. The Morgan fingerprint density at radius 1 is 1.00 bits per heavy atom. The van der Waals surface area contributed by atoms with E-state index >= 15 is 0 Å². The molecular formula is C23H46N4O2Sn. The van der Waals surface area contributed by atoms with Crippen LogP contribution in [-0.4, -0.2) is 63.6 Å². The third-order valence-electron chi connectivity index (χ3n) is 5.70. The number of carbonyl (C=O) groups is 1. The number of amides is 1. The van der Waals surface area contributed by atoms with Crippen LogP contribution < -0.4 is 3.71 Å². The summed E-state index contributed by atoms with van der Waals surface area (Å²) in [4.78, 5) is 15.8. The molecule has 7 heteroatoms.